The van der Waals surface area contributed by atoms with Crippen LogP contribution in [0.25, 0.3) is 6.08 Å². The lowest BCUT2D eigenvalue weighted by atomic mass is 9.99. The Morgan fingerprint density at radius 2 is 1.88 bits per heavy atom. The lowest BCUT2D eigenvalue weighted by molar-refractivity contribution is -0.122. The van der Waals surface area contributed by atoms with Crippen LogP contribution in [0.5, 0.6) is 0 Å². The molecule has 0 spiro atoms. The van der Waals surface area contributed by atoms with Crippen LogP contribution in [0.15, 0.2) is 9.70 Å². The van der Waals surface area contributed by atoms with Gasteiger partial charge in [0.15, 0.2) is 0 Å². The first-order valence-corrected chi connectivity index (χ1v) is 13.8. The maximum atomic E-state index is 13.4. The van der Waals surface area contributed by atoms with E-state index in [4.69, 9.17) is 12.2 Å². The van der Waals surface area contributed by atoms with Crippen LogP contribution < -0.4 is 10.5 Å². The van der Waals surface area contributed by atoms with Gasteiger partial charge in [-0.3, -0.25) is 19.1 Å². The van der Waals surface area contributed by atoms with Gasteiger partial charge in [-0.25, -0.2) is 0 Å². The summed E-state index contributed by atoms with van der Waals surface area (Å²) in [5, 5.41) is 9.74. The van der Waals surface area contributed by atoms with Gasteiger partial charge < -0.3 is 4.90 Å². The molecule has 1 unspecified atom stereocenters. The van der Waals surface area contributed by atoms with Crippen LogP contribution >= 0.6 is 24.0 Å². The van der Waals surface area contributed by atoms with E-state index in [1.807, 2.05) is 19.9 Å². The fraction of sp³-hybridized carbons (Fsp3) is 0.615. The van der Waals surface area contributed by atoms with Crippen molar-refractivity contribution in [3.05, 3.63) is 31.9 Å². The number of anilines is 1. The number of nitriles is 1. The molecule has 0 aliphatic carbocycles. The Morgan fingerprint density at radius 3 is 2.47 bits per heavy atom. The Kier molecular flexibility index (Phi) is 9.38. The molecule has 184 valence electrons. The van der Waals surface area contributed by atoms with Gasteiger partial charge in [0.05, 0.1) is 4.91 Å². The Hall–Kier alpha value is -2.11. The second-order valence-electron chi connectivity index (χ2n) is 9.16. The number of rotatable bonds is 9. The normalized spacial score (nSPS) is 18.6. The standard InChI is InChI=1S/C26H36N4O2S2/c1-5-8-12-19(6-2)17-30-25(32)22(34-26(30)33)15-20-18(4)21(16-27)24(31)29(7-3)23(20)28-13-10-9-11-14-28/h15,19H,5-14,17H2,1-4H3. The highest BCUT2D eigenvalue weighted by molar-refractivity contribution is 8.26. The zero-order valence-corrected chi connectivity index (χ0v) is 22.5. The third kappa shape index (κ3) is 5.41. The fourth-order valence-electron chi connectivity index (χ4n) is 4.85. The van der Waals surface area contributed by atoms with Crippen molar-refractivity contribution in [2.45, 2.75) is 79.2 Å². The maximum absolute atomic E-state index is 13.4. The highest BCUT2D eigenvalue weighted by Gasteiger charge is 2.34. The van der Waals surface area contributed by atoms with Crippen molar-refractivity contribution in [3.63, 3.8) is 0 Å². The molecule has 6 nitrogen and oxygen atoms in total. The van der Waals surface area contributed by atoms with Gasteiger partial charge in [-0.1, -0.05) is 57.1 Å². The average Bonchev–Trinajstić information content (AvgIpc) is 3.11. The molecule has 0 saturated carbocycles. The molecule has 2 saturated heterocycles. The molecular weight excluding hydrogens is 464 g/mol. The van der Waals surface area contributed by atoms with E-state index in [1.165, 1.54) is 18.2 Å². The minimum Gasteiger partial charge on any atom is -0.357 e. The molecule has 0 aromatic carbocycles. The second-order valence-corrected chi connectivity index (χ2v) is 10.8. The van der Waals surface area contributed by atoms with Crippen molar-refractivity contribution in [1.82, 2.24) is 9.47 Å². The summed E-state index contributed by atoms with van der Waals surface area (Å²) in [5.41, 5.74) is 1.32. The molecule has 0 N–H and O–H groups in total. The molecule has 2 fully saturated rings. The molecular formula is C26H36N4O2S2. The van der Waals surface area contributed by atoms with Gasteiger partial charge in [0, 0.05) is 31.7 Å². The van der Waals surface area contributed by atoms with E-state index in [0.29, 0.717) is 33.8 Å². The number of thioether (sulfide) groups is 1. The molecule has 1 aromatic rings. The summed E-state index contributed by atoms with van der Waals surface area (Å²) in [5.74, 6) is 1.18. The number of thiocarbonyl (C=S) groups is 1. The summed E-state index contributed by atoms with van der Waals surface area (Å²) in [7, 11) is 0. The van der Waals surface area contributed by atoms with Gasteiger partial charge >= 0.3 is 0 Å². The Bertz CT molecular complexity index is 1060. The minimum atomic E-state index is -0.255. The van der Waals surface area contributed by atoms with Crippen molar-refractivity contribution >= 4 is 46.1 Å². The summed E-state index contributed by atoms with van der Waals surface area (Å²) < 4.78 is 2.29. The van der Waals surface area contributed by atoms with E-state index >= 15 is 0 Å². The lowest BCUT2D eigenvalue weighted by Crippen LogP contribution is -2.37. The highest BCUT2D eigenvalue weighted by Crippen LogP contribution is 2.37. The first-order chi connectivity index (χ1) is 16.4. The van der Waals surface area contributed by atoms with Crippen LogP contribution in [-0.4, -0.2) is 39.3 Å². The van der Waals surface area contributed by atoms with Crippen LogP contribution in [0, 0.1) is 24.2 Å². The molecule has 1 amide bonds. The fourth-order valence-corrected chi connectivity index (χ4v) is 6.10. The summed E-state index contributed by atoms with van der Waals surface area (Å²) in [6, 6.07) is 2.11. The van der Waals surface area contributed by atoms with E-state index in [2.05, 4.69) is 24.8 Å². The van der Waals surface area contributed by atoms with Gasteiger partial charge in [0.2, 0.25) is 0 Å². The number of nitrogens with zero attached hydrogens (tertiary/aromatic N) is 4. The zero-order chi connectivity index (χ0) is 24.8. The summed E-state index contributed by atoms with van der Waals surface area (Å²) in [6.07, 6.45) is 9.57. The number of aromatic nitrogens is 1. The predicted molar refractivity (Wildman–Crippen MR) is 145 cm³/mol. The molecule has 0 bridgehead atoms. The lowest BCUT2D eigenvalue weighted by Gasteiger charge is -2.33. The Morgan fingerprint density at radius 1 is 1.18 bits per heavy atom. The van der Waals surface area contributed by atoms with E-state index in [0.717, 1.165) is 63.0 Å². The number of hydrogen-bond acceptors (Lipinski definition) is 6. The van der Waals surface area contributed by atoms with Crippen LogP contribution in [0.1, 0.15) is 82.4 Å². The van der Waals surface area contributed by atoms with Gasteiger partial charge in [-0.05, 0) is 57.1 Å². The third-order valence-electron chi connectivity index (χ3n) is 6.95. The third-order valence-corrected chi connectivity index (χ3v) is 8.33. The molecule has 1 aromatic heterocycles. The number of carbonyl (C=O) groups excluding carboxylic acids is 1. The van der Waals surface area contributed by atoms with Crippen LogP contribution in [0.3, 0.4) is 0 Å². The summed E-state index contributed by atoms with van der Waals surface area (Å²) >= 11 is 6.94. The topological polar surface area (TPSA) is 69.3 Å². The van der Waals surface area contributed by atoms with Crippen LogP contribution in [0.2, 0.25) is 0 Å². The molecule has 1 atom stereocenters. The van der Waals surface area contributed by atoms with Crippen molar-refractivity contribution < 1.29 is 4.79 Å². The number of unbranched alkanes of at least 4 members (excludes halogenated alkanes) is 1. The monoisotopic (exact) mass is 500 g/mol. The van der Waals surface area contributed by atoms with Crippen molar-refractivity contribution in [2.75, 3.05) is 24.5 Å². The van der Waals surface area contributed by atoms with Crippen molar-refractivity contribution in [2.24, 2.45) is 5.92 Å². The molecule has 0 radical (unpaired) electrons. The number of hydrogen-bond donors (Lipinski definition) is 0. The number of carbonyl (C=O) groups is 1. The number of piperidine rings is 1. The van der Waals surface area contributed by atoms with Crippen molar-refractivity contribution in [3.8, 4) is 6.07 Å². The molecule has 3 rings (SSSR count). The second kappa shape index (κ2) is 12.0. The van der Waals surface area contributed by atoms with Gasteiger partial charge in [0.25, 0.3) is 11.5 Å². The van der Waals surface area contributed by atoms with Gasteiger partial charge in [-0.2, -0.15) is 5.26 Å². The predicted octanol–water partition coefficient (Wildman–Crippen LogP) is 5.46. The van der Waals surface area contributed by atoms with E-state index in [-0.39, 0.29) is 17.0 Å². The maximum Gasteiger partial charge on any atom is 0.270 e. The summed E-state index contributed by atoms with van der Waals surface area (Å²) in [6.45, 7) is 10.9. The van der Waals surface area contributed by atoms with Crippen molar-refractivity contribution in [1.29, 1.82) is 5.26 Å². The quantitative estimate of drug-likeness (QED) is 0.331. The number of pyridine rings is 1. The van der Waals surface area contributed by atoms with Crippen LogP contribution in [0.4, 0.5) is 5.82 Å². The molecule has 2 aliphatic heterocycles. The smallest absolute Gasteiger partial charge is 0.270 e. The largest absolute Gasteiger partial charge is 0.357 e. The van der Waals surface area contributed by atoms with E-state index < -0.39 is 0 Å². The first kappa shape index (κ1) is 26.5. The first-order valence-electron chi connectivity index (χ1n) is 12.6. The Labute approximate surface area is 213 Å². The molecule has 2 aliphatic rings. The SMILES string of the molecule is CCCCC(CC)CN1C(=O)C(=Cc2c(C)c(C#N)c(=O)n(CC)c2N2CCCCC2)SC1=S. The van der Waals surface area contributed by atoms with E-state index in [9.17, 15) is 14.9 Å². The average molecular weight is 501 g/mol. The zero-order valence-electron chi connectivity index (χ0n) is 20.9. The Balaban J connectivity index is 2.06. The molecule has 34 heavy (non-hydrogen) atoms. The molecule has 8 heteroatoms. The van der Waals surface area contributed by atoms with E-state index in [1.54, 1.807) is 9.47 Å². The summed E-state index contributed by atoms with van der Waals surface area (Å²) in [4.78, 5) is 31.1. The number of amides is 1. The highest BCUT2D eigenvalue weighted by atomic mass is 32.2. The van der Waals surface area contributed by atoms with Gasteiger partial charge in [-0.15, -0.1) is 0 Å². The minimum absolute atomic E-state index is 0.0679. The molecule has 3 heterocycles. The van der Waals surface area contributed by atoms with Crippen LogP contribution in [-0.2, 0) is 11.3 Å². The van der Waals surface area contributed by atoms with Gasteiger partial charge in [0.1, 0.15) is 21.8 Å².